The van der Waals surface area contributed by atoms with E-state index in [0.29, 0.717) is 22.6 Å². The van der Waals surface area contributed by atoms with Gasteiger partial charge in [-0.25, -0.2) is 4.39 Å². The monoisotopic (exact) mass is 434 g/mol. The zero-order valence-electron chi connectivity index (χ0n) is 18.6. The van der Waals surface area contributed by atoms with E-state index in [4.69, 9.17) is 12.2 Å². The minimum Gasteiger partial charge on any atom is -0.349 e. The van der Waals surface area contributed by atoms with Crippen LogP contribution in [0.4, 0.5) is 10.1 Å². The van der Waals surface area contributed by atoms with Gasteiger partial charge in [-0.05, 0) is 42.6 Å². The minimum absolute atomic E-state index is 0.107. The first-order valence-electron chi connectivity index (χ1n) is 11.2. The molecule has 2 heterocycles. The molecule has 7 heteroatoms. The van der Waals surface area contributed by atoms with E-state index in [0.717, 1.165) is 45.3 Å². The molecule has 2 atom stereocenters. The van der Waals surface area contributed by atoms with Crippen LogP contribution in [0.15, 0.2) is 24.3 Å². The van der Waals surface area contributed by atoms with E-state index in [1.807, 2.05) is 0 Å². The summed E-state index contributed by atoms with van der Waals surface area (Å²) in [5, 5.41) is 7.28. The fourth-order valence-electron chi connectivity index (χ4n) is 4.45. The number of anilines is 1. The van der Waals surface area contributed by atoms with Gasteiger partial charge in [0.15, 0.2) is 5.11 Å². The highest BCUT2D eigenvalue weighted by molar-refractivity contribution is 7.80. The fraction of sp³-hybridized carbons (Fsp3) is 0.652. The topological polar surface area (TPSA) is 47.6 Å². The molecule has 30 heavy (non-hydrogen) atoms. The molecule has 2 aliphatic rings. The highest BCUT2D eigenvalue weighted by Gasteiger charge is 2.51. The maximum Gasteiger partial charge on any atom is 0.241 e. The van der Waals surface area contributed by atoms with Crippen LogP contribution in [0.3, 0.4) is 0 Å². The van der Waals surface area contributed by atoms with Crippen LogP contribution < -0.4 is 10.6 Å². The number of nitrogens with zero attached hydrogens (tertiary/aromatic N) is 2. The van der Waals surface area contributed by atoms with Gasteiger partial charge in [0.1, 0.15) is 5.82 Å². The number of rotatable bonds is 6. The first-order valence-corrected chi connectivity index (χ1v) is 11.6. The van der Waals surface area contributed by atoms with Crippen LogP contribution in [-0.2, 0) is 4.79 Å². The standard InChI is InChI=1S/C23H35FN4OS/c1-5-17(4)15-28-21(29)20(14-16(2)3)26-23(28)10-12-27(13-11-23)22(30)25-19-9-7-6-8-18(19)24/h6-9,16-17,20,26H,5,10-15H2,1-4H3,(H,25,30)/t17-,20-/m0/s1. The average Bonchev–Trinajstić information content (AvgIpc) is 2.94. The van der Waals surface area contributed by atoms with Gasteiger partial charge in [0.25, 0.3) is 0 Å². The van der Waals surface area contributed by atoms with Crippen molar-refractivity contribution in [3.8, 4) is 0 Å². The zero-order valence-corrected chi connectivity index (χ0v) is 19.4. The van der Waals surface area contributed by atoms with Gasteiger partial charge in [0.05, 0.1) is 17.4 Å². The number of hydrogen-bond donors (Lipinski definition) is 2. The Morgan fingerprint density at radius 1 is 1.30 bits per heavy atom. The van der Waals surface area contributed by atoms with Crippen molar-refractivity contribution in [2.24, 2.45) is 11.8 Å². The van der Waals surface area contributed by atoms with Gasteiger partial charge in [0, 0.05) is 32.5 Å². The van der Waals surface area contributed by atoms with E-state index in [2.05, 4.69) is 48.1 Å². The van der Waals surface area contributed by atoms with Crippen molar-refractivity contribution < 1.29 is 9.18 Å². The van der Waals surface area contributed by atoms with Gasteiger partial charge < -0.3 is 15.1 Å². The molecule has 0 bridgehead atoms. The number of para-hydroxylation sites is 1. The highest BCUT2D eigenvalue weighted by Crippen LogP contribution is 2.35. The number of carbonyl (C=O) groups excluding carboxylic acids is 1. The fourth-order valence-corrected chi connectivity index (χ4v) is 4.74. The predicted molar refractivity (Wildman–Crippen MR) is 124 cm³/mol. The second-order valence-electron chi connectivity index (χ2n) is 9.22. The van der Waals surface area contributed by atoms with Crippen LogP contribution in [-0.4, -0.2) is 52.2 Å². The van der Waals surface area contributed by atoms with Crippen LogP contribution in [0.1, 0.15) is 53.4 Å². The van der Waals surface area contributed by atoms with Crippen LogP contribution in [0.2, 0.25) is 0 Å². The van der Waals surface area contributed by atoms with E-state index in [9.17, 15) is 9.18 Å². The van der Waals surface area contributed by atoms with Crippen molar-refractivity contribution >= 4 is 28.9 Å². The molecular weight excluding hydrogens is 399 g/mol. The Balaban J connectivity index is 1.69. The Bertz CT molecular complexity index is 763. The van der Waals surface area contributed by atoms with E-state index in [1.165, 1.54) is 6.07 Å². The van der Waals surface area contributed by atoms with Crippen LogP contribution in [0.25, 0.3) is 0 Å². The van der Waals surface area contributed by atoms with Gasteiger partial charge in [-0.2, -0.15) is 0 Å². The van der Waals surface area contributed by atoms with Crippen molar-refractivity contribution in [1.82, 2.24) is 15.1 Å². The lowest BCUT2D eigenvalue weighted by Gasteiger charge is -2.46. The summed E-state index contributed by atoms with van der Waals surface area (Å²) in [6, 6.07) is 6.45. The lowest BCUT2D eigenvalue weighted by molar-refractivity contribution is -0.134. The molecule has 1 amide bonds. The summed E-state index contributed by atoms with van der Waals surface area (Å²) in [6.45, 7) is 10.9. The van der Waals surface area contributed by atoms with Gasteiger partial charge in [-0.1, -0.05) is 46.2 Å². The van der Waals surface area contributed by atoms with Crippen molar-refractivity contribution in [3.63, 3.8) is 0 Å². The Morgan fingerprint density at radius 2 is 1.97 bits per heavy atom. The molecule has 3 rings (SSSR count). The molecule has 0 radical (unpaired) electrons. The minimum atomic E-state index is -0.312. The van der Waals surface area contributed by atoms with Crippen molar-refractivity contribution in [2.75, 3.05) is 25.0 Å². The van der Waals surface area contributed by atoms with Gasteiger partial charge >= 0.3 is 0 Å². The van der Waals surface area contributed by atoms with Crippen molar-refractivity contribution in [3.05, 3.63) is 30.1 Å². The first-order chi connectivity index (χ1) is 14.3. The number of piperidine rings is 1. The molecule has 2 saturated heterocycles. The van der Waals surface area contributed by atoms with Crippen LogP contribution in [0.5, 0.6) is 0 Å². The second kappa shape index (κ2) is 9.60. The van der Waals surface area contributed by atoms with Crippen molar-refractivity contribution in [2.45, 2.75) is 65.1 Å². The molecule has 0 saturated carbocycles. The molecule has 2 N–H and O–H groups in total. The average molecular weight is 435 g/mol. The summed E-state index contributed by atoms with van der Waals surface area (Å²) in [4.78, 5) is 17.4. The molecule has 2 fully saturated rings. The number of halogens is 1. The summed E-state index contributed by atoms with van der Waals surface area (Å²) in [7, 11) is 0. The molecule has 1 spiro atoms. The molecule has 166 valence electrons. The Labute approximate surface area is 185 Å². The van der Waals surface area contributed by atoms with Gasteiger partial charge in [-0.3, -0.25) is 10.1 Å². The predicted octanol–water partition coefficient (Wildman–Crippen LogP) is 4.21. The second-order valence-corrected chi connectivity index (χ2v) is 9.60. The number of amides is 1. The van der Waals surface area contributed by atoms with E-state index in [-0.39, 0.29) is 23.4 Å². The maximum absolute atomic E-state index is 14.0. The largest absolute Gasteiger partial charge is 0.349 e. The third-order valence-electron chi connectivity index (χ3n) is 6.42. The Hall–Kier alpha value is -1.73. The summed E-state index contributed by atoms with van der Waals surface area (Å²) < 4.78 is 14.0. The molecule has 0 unspecified atom stereocenters. The lowest BCUT2D eigenvalue weighted by Crippen LogP contribution is -2.60. The van der Waals surface area contributed by atoms with Crippen molar-refractivity contribution in [1.29, 1.82) is 0 Å². The van der Waals surface area contributed by atoms with E-state index in [1.54, 1.807) is 18.2 Å². The van der Waals surface area contributed by atoms with E-state index >= 15 is 0 Å². The summed E-state index contributed by atoms with van der Waals surface area (Å²) in [5.41, 5.74) is 0.0943. The molecule has 2 aliphatic heterocycles. The SMILES string of the molecule is CC[C@H](C)CN1C(=O)[C@H](CC(C)C)NC12CCN(C(=S)Nc1ccccc1F)CC2. The number of hydrogen-bond acceptors (Lipinski definition) is 3. The third-order valence-corrected chi connectivity index (χ3v) is 6.78. The summed E-state index contributed by atoms with van der Waals surface area (Å²) in [6.07, 6.45) is 3.53. The van der Waals surface area contributed by atoms with E-state index < -0.39 is 0 Å². The lowest BCUT2D eigenvalue weighted by atomic mass is 9.94. The van der Waals surface area contributed by atoms with Gasteiger partial charge in [0.2, 0.25) is 5.91 Å². The smallest absolute Gasteiger partial charge is 0.241 e. The molecule has 1 aromatic rings. The number of carbonyl (C=O) groups is 1. The number of nitrogens with one attached hydrogen (secondary N) is 2. The molecule has 5 nitrogen and oxygen atoms in total. The number of benzene rings is 1. The zero-order chi connectivity index (χ0) is 21.9. The summed E-state index contributed by atoms with van der Waals surface area (Å²) >= 11 is 5.55. The van der Waals surface area contributed by atoms with Crippen LogP contribution >= 0.6 is 12.2 Å². The number of thiocarbonyl (C=S) groups is 1. The highest BCUT2D eigenvalue weighted by atomic mass is 32.1. The molecule has 1 aromatic carbocycles. The first kappa shape index (κ1) is 22.9. The normalized spacial score (nSPS) is 22.1. The quantitative estimate of drug-likeness (QED) is 0.657. The third kappa shape index (κ3) is 4.94. The Kier molecular flexibility index (Phi) is 7.34. The maximum atomic E-state index is 14.0. The molecular formula is C23H35FN4OS. The van der Waals surface area contributed by atoms with Gasteiger partial charge in [-0.15, -0.1) is 0 Å². The molecule has 0 aliphatic carbocycles. The summed E-state index contributed by atoms with van der Waals surface area (Å²) in [5.74, 6) is 0.856. The molecule has 0 aromatic heterocycles. The Morgan fingerprint density at radius 3 is 2.57 bits per heavy atom. The van der Waals surface area contributed by atoms with Crippen LogP contribution in [0, 0.1) is 17.7 Å². The number of likely N-dealkylation sites (tertiary alicyclic amines) is 1.